The van der Waals surface area contributed by atoms with Crippen LogP contribution in [0.4, 0.5) is 5.69 Å². The van der Waals surface area contributed by atoms with Crippen LogP contribution in [0, 0.1) is 0 Å². The molecule has 0 radical (unpaired) electrons. The zero-order valence-corrected chi connectivity index (χ0v) is 12.0. The van der Waals surface area contributed by atoms with Gasteiger partial charge in [-0.05, 0) is 30.5 Å². The van der Waals surface area contributed by atoms with Crippen LogP contribution in [0.2, 0.25) is 0 Å². The van der Waals surface area contributed by atoms with Crippen molar-refractivity contribution in [3.8, 4) is 0 Å². The number of hydrogen-bond acceptors (Lipinski definition) is 3. The molecule has 0 heterocycles. The van der Waals surface area contributed by atoms with Crippen LogP contribution in [0.5, 0.6) is 0 Å². The number of nitrogens with zero attached hydrogens (tertiary/aromatic N) is 2. The van der Waals surface area contributed by atoms with Crippen molar-refractivity contribution in [3.63, 3.8) is 0 Å². The van der Waals surface area contributed by atoms with Gasteiger partial charge in [0.25, 0.3) is 0 Å². The van der Waals surface area contributed by atoms with Gasteiger partial charge in [0, 0.05) is 25.7 Å². The van der Waals surface area contributed by atoms with Crippen LogP contribution in [-0.2, 0) is 4.79 Å². The number of hydrogen-bond donors (Lipinski definition) is 1. The summed E-state index contributed by atoms with van der Waals surface area (Å²) in [5.41, 5.74) is 4.61. The number of rotatable bonds is 7. The molecule has 0 spiro atoms. The van der Waals surface area contributed by atoms with Crippen LogP contribution >= 0.6 is 0 Å². The quantitative estimate of drug-likeness (QED) is 0.606. The number of carbonyl (C=O) groups is 1. The maximum atomic E-state index is 10.7. The predicted molar refractivity (Wildman–Crippen MR) is 80.6 cm³/mol. The third-order valence-electron chi connectivity index (χ3n) is 2.68. The van der Waals surface area contributed by atoms with Crippen LogP contribution in [0.15, 0.2) is 29.4 Å². The number of carbonyl (C=O) groups excluding carboxylic acids is 1. The summed E-state index contributed by atoms with van der Waals surface area (Å²) in [5, 5.41) is 3.85. The van der Waals surface area contributed by atoms with Crippen molar-refractivity contribution < 1.29 is 4.79 Å². The van der Waals surface area contributed by atoms with Crippen molar-refractivity contribution in [3.05, 3.63) is 29.8 Å². The van der Waals surface area contributed by atoms with Crippen molar-refractivity contribution >= 4 is 17.8 Å². The lowest BCUT2D eigenvalue weighted by Crippen LogP contribution is -2.24. The zero-order valence-electron chi connectivity index (χ0n) is 12.0. The molecule has 1 aromatic rings. The van der Waals surface area contributed by atoms with Crippen LogP contribution in [-0.4, -0.2) is 25.2 Å². The van der Waals surface area contributed by atoms with Crippen molar-refractivity contribution in [2.24, 2.45) is 5.10 Å². The molecule has 0 fully saturated rings. The molecule has 4 heteroatoms. The van der Waals surface area contributed by atoms with E-state index in [1.165, 1.54) is 12.6 Å². The van der Waals surface area contributed by atoms with Crippen LogP contribution < -0.4 is 10.3 Å². The van der Waals surface area contributed by atoms with Gasteiger partial charge in [-0.1, -0.05) is 26.0 Å². The molecule has 0 bridgehead atoms. The van der Waals surface area contributed by atoms with Gasteiger partial charge in [-0.25, -0.2) is 5.43 Å². The van der Waals surface area contributed by atoms with Gasteiger partial charge in [-0.3, -0.25) is 4.79 Å². The smallest absolute Gasteiger partial charge is 0.236 e. The summed E-state index contributed by atoms with van der Waals surface area (Å²) in [5.74, 6) is -0.162. The first-order valence-corrected chi connectivity index (χ1v) is 6.82. The van der Waals surface area contributed by atoms with Gasteiger partial charge in [0.05, 0.1) is 6.21 Å². The fourth-order valence-electron chi connectivity index (χ4n) is 1.88. The minimum absolute atomic E-state index is 0.162. The van der Waals surface area contributed by atoms with Crippen LogP contribution in [0.1, 0.15) is 39.2 Å². The Bertz CT molecular complexity index is 406. The summed E-state index contributed by atoms with van der Waals surface area (Å²) < 4.78 is 0. The van der Waals surface area contributed by atoms with Crippen LogP contribution in [0.25, 0.3) is 0 Å². The summed E-state index contributed by atoms with van der Waals surface area (Å²) in [4.78, 5) is 13.1. The van der Waals surface area contributed by atoms with E-state index in [2.05, 4.69) is 41.4 Å². The third-order valence-corrected chi connectivity index (χ3v) is 2.68. The van der Waals surface area contributed by atoms with E-state index in [1.54, 1.807) is 6.21 Å². The first-order chi connectivity index (χ1) is 9.17. The van der Waals surface area contributed by atoms with Gasteiger partial charge in [0.2, 0.25) is 5.91 Å². The van der Waals surface area contributed by atoms with Gasteiger partial charge in [0.1, 0.15) is 0 Å². The first kappa shape index (κ1) is 15.2. The van der Waals surface area contributed by atoms with E-state index < -0.39 is 0 Å². The maximum Gasteiger partial charge on any atom is 0.236 e. The van der Waals surface area contributed by atoms with Gasteiger partial charge in [-0.15, -0.1) is 0 Å². The Labute approximate surface area is 115 Å². The molecule has 104 valence electrons. The lowest BCUT2D eigenvalue weighted by molar-refractivity contribution is -0.118. The minimum atomic E-state index is -0.162. The lowest BCUT2D eigenvalue weighted by atomic mass is 10.2. The Morgan fingerprint density at radius 1 is 1.21 bits per heavy atom. The van der Waals surface area contributed by atoms with Crippen molar-refractivity contribution in [2.75, 3.05) is 18.0 Å². The Morgan fingerprint density at radius 3 is 2.26 bits per heavy atom. The highest BCUT2D eigenvalue weighted by Crippen LogP contribution is 2.15. The van der Waals surface area contributed by atoms with E-state index in [1.807, 2.05) is 12.1 Å². The fraction of sp³-hybridized carbons (Fsp3) is 0.467. The molecule has 0 aromatic heterocycles. The van der Waals surface area contributed by atoms with Gasteiger partial charge >= 0.3 is 0 Å². The average molecular weight is 261 g/mol. The topological polar surface area (TPSA) is 44.7 Å². The minimum Gasteiger partial charge on any atom is -0.372 e. The summed E-state index contributed by atoms with van der Waals surface area (Å²) in [6.45, 7) is 7.97. The third kappa shape index (κ3) is 5.55. The number of benzene rings is 1. The molecule has 0 atom stereocenters. The molecule has 1 amide bonds. The highest BCUT2D eigenvalue weighted by atomic mass is 16.2. The van der Waals surface area contributed by atoms with Crippen molar-refractivity contribution in [2.45, 2.75) is 33.6 Å². The summed E-state index contributed by atoms with van der Waals surface area (Å²) in [6, 6.07) is 8.22. The molecule has 0 unspecified atom stereocenters. The Hall–Kier alpha value is -1.84. The number of amides is 1. The molecule has 1 rings (SSSR count). The zero-order chi connectivity index (χ0) is 14.1. The van der Waals surface area contributed by atoms with Crippen LogP contribution in [0.3, 0.4) is 0 Å². The molecule has 0 saturated heterocycles. The second-order valence-corrected chi connectivity index (χ2v) is 4.50. The lowest BCUT2D eigenvalue weighted by Gasteiger charge is -2.23. The maximum absolute atomic E-state index is 10.7. The molecular weight excluding hydrogens is 238 g/mol. The Morgan fingerprint density at radius 2 is 1.79 bits per heavy atom. The SMILES string of the molecule is CCCN(CCC)c1ccc(/C=N\NC(C)=O)cc1. The summed E-state index contributed by atoms with van der Waals surface area (Å²) >= 11 is 0. The summed E-state index contributed by atoms with van der Waals surface area (Å²) in [6.07, 6.45) is 3.94. The molecule has 1 N–H and O–H groups in total. The highest BCUT2D eigenvalue weighted by Gasteiger charge is 2.03. The molecule has 0 saturated carbocycles. The second-order valence-electron chi connectivity index (χ2n) is 4.50. The van der Waals surface area contributed by atoms with E-state index in [-0.39, 0.29) is 5.91 Å². The van der Waals surface area contributed by atoms with Crippen molar-refractivity contribution in [1.29, 1.82) is 0 Å². The molecule has 0 aliphatic rings. The number of nitrogens with one attached hydrogen (secondary N) is 1. The Balaban J connectivity index is 2.68. The van der Waals surface area contributed by atoms with E-state index in [0.717, 1.165) is 31.5 Å². The fourth-order valence-corrected chi connectivity index (χ4v) is 1.88. The standard InChI is InChI=1S/C15H23N3O/c1-4-10-18(11-5-2)15-8-6-14(7-9-15)12-16-17-13(3)19/h6-9,12H,4-5,10-11H2,1-3H3,(H,17,19)/b16-12-. The molecule has 0 aliphatic heterocycles. The monoisotopic (exact) mass is 261 g/mol. The Kier molecular flexibility index (Phi) is 6.64. The van der Waals surface area contributed by atoms with E-state index >= 15 is 0 Å². The van der Waals surface area contributed by atoms with Crippen molar-refractivity contribution in [1.82, 2.24) is 5.43 Å². The van der Waals surface area contributed by atoms with Gasteiger partial charge in [0.15, 0.2) is 0 Å². The molecule has 1 aromatic carbocycles. The molecule has 0 aliphatic carbocycles. The normalized spacial score (nSPS) is 10.7. The predicted octanol–water partition coefficient (Wildman–Crippen LogP) is 2.78. The number of hydrazone groups is 1. The first-order valence-electron chi connectivity index (χ1n) is 6.82. The molecule has 4 nitrogen and oxygen atoms in total. The van der Waals surface area contributed by atoms with Gasteiger partial charge in [-0.2, -0.15) is 5.10 Å². The van der Waals surface area contributed by atoms with E-state index in [9.17, 15) is 4.79 Å². The average Bonchev–Trinajstić information content (AvgIpc) is 2.39. The molecule has 19 heavy (non-hydrogen) atoms. The van der Waals surface area contributed by atoms with Gasteiger partial charge < -0.3 is 4.90 Å². The highest BCUT2D eigenvalue weighted by molar-refractivity contribution is 5.82. The summed E-state index contributed by atoms with van der Waals surface area (Å²) in [7, 11) is 0. The number of anilines is 1. The largest absolute Gasteiger partial charge is 0.372 e. The van der Waals surface area contributed by atoms with E-state index in [4.69, 9.17) is 0 Å². The second kappa shape index (κ2) is 8.29. The van der Waals surface area contributed by atoms with E-state index in [0.29, 0.717) is 0 Å². The molecular formula is C15H23N3O.